The maximum Gasteiger partial charge on any atom is 0.337 e. The molecule has 0 aliphatic rings. The summed E-state index contributed by atoms with van der Waals surface area (Å²) in [6, 6.07) is 6.50. The first-order valence-electron chi connectivity index (χ1n) is 4.02. The Kier molecular flexibility index (Phi) is 3.18. The standard InChI is InChI=1S/C11H10O3/c1-8(7-12)9-3-5-10(6-4-9)11(13)14-2/h3-7H,1H2,2H3. The van der Waals surface area contributed by atoms with Crippen LogP contribution in [0.4, 0.5) is 0 Å². The predicted octanol–water partition coefficient (Wildman–Crippen LogP) is 1.69. The van der Waals surface area contributed by atoms with Gasteiger partial charge in [-0.3, -0.25) is 4.79 Å². The molecule has 0 unspecified atom stereocenters. The third-order valence-electron chi connectivity index (χ3n) is 1.82. The zero-order valence-corrected chi connectivity index (χ0v) is 7.82. The first-order chi connectivity index (χ1) is 6.69. The van der Waals surface area contributed by atoms with Crippen LogP contribution in [0.5, 0.6) is 0 Å². The molecule has 0 fully saturated rings. The SMILES string of the molecule is C=C(C=O)c1ccc(C(=O)OC)cc1. The summed E-state index contributed by atoms with van der Waals surface area (Å²) in [6.07, 6.45) is 0.674. The highest BCUT2D eigenvalue weighted by Crippen LogP contribution is 2.11. The molecular formula is C11H10O3. The summed E-state index contributed by atoms with van der Waals surface area (Å²) in [6.45, 7) is 3.55. The third-order valence-corrected chi connectivity index (χ3v) is 1.82. The van der Waals surface area contributed by atoms with E-state index < -0.39 is 5.97 Å². The van der Waals surface area contributed by atoms with Crippen LogP contribution in [0.25, 0.3) is 5.57 Å². The Bertz CT molecular complexity index is 363. The van der Waals surface area contributed by atoms with E-state index in [0.29, 0.717) is 23.0 Å². The van der Waals surface area contributed by atoms with Crippen LogP contribution in [0.2, 0.25) is 0 Å². The average molecular weight is 190 g/mol. The largest absolute Gasteiger partial charge is 0.465 e. The van der Waals surface area contributed by atoms with Crippen molar-refractivity contribution in [2.75, 3.05) is 7.11 Å². The molecule has 0 heterocycles. The van der Waals surface area contributed by atoms with E-state index in [1.54, 1.807) is 24.3 Å². The highest BCUT2D eigenvalue weighted by molar-refractivity contribution is 6.06. The van der Waals surface area contributed by atoms with Crippen molar-refractivity contribution in [2.24, 2.45) is 0 Å². The van der Waals surface area contributed by atoms with Crippen LogP contribution < -0.4 is 0 Å². The second-order valence-corrected chi connectivity index (χ2v) is 2.71. The average Bonchev–Trinajstić information content (AvgIpc) is 2.27. The fourth-order valence-electron chi connectivity index (χ4n) is 1.01. The van der Waals surface area contributed by atoms with E-state index in [0.717, 1.165) is 0 Å². The van der Waals surface area contributed by atoms with Gasteiger partial charge in [-0.1, -0.05) is 18.7 Å². The van der Waals surface area contributed by atoms with Crippen LogP contribution in [0.15, 0.2) is 30.8 Å². The summed E-state index contributed by atoms with van der Waals surface area (Å²) in [4.78, 5) is 21.4. The number of carbonyl (C=O) groups is 2. The highest BCUT2D eigenvalue weighted by Gasteiger charge is 2.04. The van der Waals surface area contributed by atoms with Crippen molar-refractivity contribution in [3.8, 4) is 0 Å². The summed E-state index contributed by atoms with van der Waals surface area (Å²) >= 11 is 0. The third kappa shape index (κ3) is 2.07. The Balaban J connectivity index is 2.94. The van der Waals surface area contributed by atoms with Crippen LogP contribution >= 0.6 is 0 Å². The molecule has 0 spiro atoms. The molecule has 72 valence electrons. The minimum atomic E-state index is -0.395. The van der Waals surface area contributed by atoms with Crippen molar-refractivity contribution in [3.63, 3.8) is 0 Å². The lowest BCUT2D eigenvalue weighted by molar-refractivity contribution is -0.103. The van der Waals surface area contributed by atoms with E-state index in [2.05, 4.69) is 11.3 Å². The normalized spacial score (nSPS) is 9.21. The molecule has 0 bridgehead atoms. The van der Waals surface area contributed by atoms with Gasteiger partial charge in [-0.15, -0.1) is 0 Å². The monoisotopic (exact) mass is 190 g/mol. The Morgan fingerprint density at radius 2 is 1.79 bits per heavy atom. The molecule has 0 radical (unpaired) electrons. The number of methoxy groups -OCH3 is 1. The minimum absolute atomic E-state index is 0.390. The molecule has 0 amide bonds. The van der Waals surface area contributed by atoms with E-state index in [1.165, 1.54) is 7.11 Å². The van der Waals surface area contributed by atoms with Crippen molar-refractivity contribution < 1.29 is 14.3 Å². The minimum Gasteiger partial charge on any atom is -0.465 e. The molecule has 0 saturated carbocycles. The number of hydrogen-bond acceptors (Lipinski definition) is 3. The van der Waals surface area contributed by atoms with Crippen LogP contribution in [-0.4, -0.2) is 19.4 Å². The van der Waals surface area contributed by atoms with Gasteiger partial charge in [-0.2, -0.15) is 0 Å². The smallest absolute Gasteiger partial charge is 0.337 e. The first-order valence-corrected chi connectivity index (χ1v) is 4.02. The molecule has 0 saturated heterocycles. The van der Waals surface area contributed by atoms with Crippen molar-refractivity contribution in [1.29, 1.82) is 0 Å². The topological polar surface area (TPSA) is 43.4 Å². The van der Waals surface area contributed by atoms with Gasteiger partial charge < -0.3 is 4.74 Å². The van der Waals surface area contributed by atoms with Crippen molar-refractivity contribution >= 4 is 17.8 Å². The summed E-state index contributed by atoms with van der Waals surface area (Å²) < 4.78 is 4.53. The lowest BCUT2D eigenvalue weighted by atomic mass is 10.1. The van der Waals surface area contributed by atoms with Gasteiger partial charge in [0.1, 0.15) is 6.29 Å². The number of rotatable bonds is 3. The van der Waals surface area contributed by atoms with Gasteiger partial charge in [-0.25, -0.2) is 4.79 Å². The van der Waals surface area contributed by atoms with E-state index in [9.17, 15) is 9.59 Å². The molecule has 0 aromatic heterocycles. The van der Waals surface area contributed by atoms with Crippen molar-refractivity contribution in [1.82, 2.24) is 0 Å². The lowest BCUT2D eigenvalue weighted by Crippen LogP contribution is -2.00. The zero-order chi connectivity index (χ0) is 10.6. The van der Waals surface area contributed by atoms with E-state index in [4.69, 9.17) is 0 Å². The Morgan fingerprint density at radius 1 is 1.29 bits per heavy atom. The van der Waals surface area contributed by atoms with Gasteiger partial charge in [0.2, 0.25) is 0 Å². The zero-order valence-electron chi connectivity index (χ0n) is 7.82. The molecule has 1 rings (SSSR count). The number of hydrogen-bond donors (Lipinski definition) is 0. The molecule has 14 heavy (non-hydrogen) atoms. The Labute approximate surface area is 82.0 Å². The summed E-state index contributed by atoms with van der Waals surface area (Å²) in [5.41, 5.74) is 1.55. The van der Waals surface area contributed by atoms with Crippen LogP contribution in [-0.2, 0) is 9.53 Å². The maximum absolute atomic E-state index is 11.0. The van der Waals surface area contributed by atoms with Gasteiger partial charge in [0, 0.05) is 5.57 Å². The molecular weight excluding hydrogens is 180 g/mol. The second-order valence-electron chi connectivity index (χ2n) is 2.71. The van der Waals surface area contributed by atoms with Crippen molar-refractivity contribution in [3.05, 3.63) is 42.0 Å². The molecule has 1 aromatic rings. The molecule has 0 aliphatic heterocycles. The molecule has 0 aliphatic carbocycles. The fourth-order valence-corrected chi connectivity index (χ4v) is 1.01. The van der Waals surface area contributed by atoms with Crippen LogP contribution in [0.3, 0.4) is 0 Å². The predicted molar refractivity (Wildman–Crippen MR) is 52.9 cm³/mol. The van der Waals surface area contributed by atoms with Gasteiger partial charge in [-0.05, 0) is 17.7 Å². The molecule has 0 atom stereocenters. The summed E-state index contributed by atoms with van der Waals surface area (Å²) in [5.74, 6) is -0.395. The van der Waals surface area contributed by atoms with Gasteiger partial charge >= 0.3 is 5.97 Å². The second kappa shape index (κ2) is 4.37. The number of ether oxygens (including phenoxy) is 1. The molecule has 3 heteroatoms. The maximum atomic E-state index is 11.0. The molecule has 0 N–H and O–H groups in total. The van der Waals surface area contributed by atoms with Gasteiger partial charge in [0.05, 0.1) is 12.7 Å². The first kappa shape index (κ1) is 10.2. The summed E-state index contributed by atoms with van der Waals surface area (Å²) in [5, 5.41) is 0. The lowest BCUT2D eigenvalue weighted by Gasteiger charge is -2.00. The van der Waals surface area contributed by atoms with Crippen LogP contribution in [0.1, 0.15) is 15.9 Å². The number of aldehydes is 1. The number of carbonyl (C=O) groups excluding carboxylic acids is 2. The fraction of sp³-hybridized carbons (Fsp3) is 0.0909. The molecule has 3 nitrogen and oxygen atoms in total. The van der Waals surface area contributed by atoms with E-state index >= 15 is 0 Å². The van der Waals surface area contributed by atoms with Gasteiger partial charge in [0.15, 0.2) is 0 Å². The number of benzene rings is 1. The van der Waals surface area contributed by atoms with E-state index in [-0.39, 0.29) is 0 Å². The Morgan fingerprint density at radius 3 is 2.21 bits per heavy atom. The van der Waals surface area contributed by atoms with Gasteiger partial charge in [0.25, 0.3) is 0 Å². The van der Waals surface area contributed by atoms with Crippen LogP contribution in [0, 0.1) is 0 Å². The number of allylic oxidation sites excluding steroid dienone is 1. The molecule has 1 aromatic carbocycles. The van der Waals surface area contributed by atoms with Crippen molar-refractivity contribution in [2.45, 2.75) is 0 Å². The Hall–Kier alpha value is -1.90. The summed E-state index contributed by atoms with van der Waals surface area (Å²) in [7, 11) is 1.32. The quantitative estimate of drug-likeness (QED) is 0.414. The number of esters is 1. The van der Waals surface area contributed by atoms with E-state index in [1.807, 2.05) is 0 Å². The highest BCUT2D eigenvalue weighted by atomic mass is 16.5.